The van der Waals surface area contributed by atoms with E-state index in [0.29, 0.717) is 12.8 Å². The highest BCUT2D eigenvalue weighted by Crippen LogP contribution is 2.30. The van der Waals surface area contributed by atoms with Crippen LogP contribution in [0.5, 0.6) is 0 Å². The molecule has 0 aromatic rings. The number of nitrogens with one attached hydrogen (secondary N) is 1. The molecule has 4 unspecified atom stereocenters. The van der Waals surface area contributed by atoms with E-state index >= 15 is 0 Å². The number of hydrogen-bond donors (Lipinski definition) is 9. The molecule has 1 amide bonds. The molecule has 2 saturated heterocycles. The zero-order valence-electron chi connectivity index (χ0n) is 39.6. The number of rotatable bonds is 40. The van der Waals surface area contributed by atoms with Crippen molar-refractivity contribution in [3.05, 3.63) is 0 Å². The monoisotopic (exact) mass is 906 g/mol. The predicted molar refractivity (Wildman–Crippen MR) is 245 cm³/mol. The van der Waals surface area contributed by atoms with E-state index in [1.807, 2.05) is 0 Å². The number of ether oxygens (including phenoxy) is 4. The molecule has 9 N–H and O–H groups in total. The van der Waals surface area contributed by atoms with Crippen molar-refractivity contribution in [2.75, 3.05) is 19.8 Å². The molecule has 0 radical (unpaired) electrons. The first-order chi connectivity index (χ1) is 30.6. The number of hydrogen-bond acceptors (Lipinski definition) is 13. The minimum Gasteiger partial charge on any atom is -0.394 e. The summed E-state index contributed by atoms with van der Waals surface area (Å²) in [5.41, 5.74) is 0. The van der Waals surface area contributed by atoms with Gasteiger partial charge in [-0.05, 0) is 12.8 Å². The lowest BCUT2D eigenvalue weighted by atomic mass is 9.97. The maximum absolute atomic E-state index is 13.2. The summed E-state index contributed by atoms with van der Waals surface area (Å²) in [6, 6.07) is -0.820. The highest BCUT2D eigenvalue weighted by Gasteiger charge is 2.51. The molecule has 0 aromatic carbocycles. The average Bonchev–Trinajstić information content (AvgIpc) is 3.28. The second kappa shape index (κ2) is 37.0. The van der Waals surface area contributed by atoms with Gasteiger partial charge in [0.25, 0.3) is 0 Å². The molecule has 374 valence electrons. The first-order valence-electron chi connectivity index (χ1n) is 25.8. The number of carbonyl (C=O) groups is 1. The SMILES string of the molecule is CCCCCCCCCCCCCCCCCCCC(=O)N[C@@H](CO[C@@H]1O[C@H](CO)[C@@H](O[C@@H]2O[C@H](CO)[C@H](O)C(O)C2O)C(O)C1O)[C@H](O)CCCCCCCCCCCCCC. The second-order valence-electron chi connectivity index (χ2n) is 18.7. The molecule has 63 heavy (non-hydrogen) atoms. The third kappa shape index (κ3) is 24.5. The zero-order chi connectivity index (χ0) is 46.1. The van der Waals surface area contributed by atoms with E-state index in [1.54, 1.807) is 0 Å². The number of aliphatic hydroxyl groups is 8. The Morgan fingerprint density at radius 3 is 1.35 bits per heavy atom. The van der Waals surface area contributed by atoms with Gasteiger partial charge in [0.1, 0.15) is 48.8 Å². The second-order valence-corrected chi connectivity index (χ2v) is 18.7. The fourth-order valence-corrected chi connectivity index (χ4v) is 8.83. The number of aliphatic hydroxyl groups excluding tert-OH is 8. The molecule has 2 aliphatic rings. The van der Waals surface area contributed by atoms with Crippen molar-refractivity contribution in [1.82, 2.24) is 5.32 Å². The largest absolute Gasteiger partial charge is 0.394 e. The topological polar surface area (TPSA) is 228 Å². The fraction of sp³-hybridized carbons (Fsp3) is 0.980. The molecule has 0 spiro atoms. The van der Waals surface area contributed by atoms with E-state index in [-0.39, 0.29) is 12.5 Å². The van der Waals surface area contributed by atoms with Gasteiger partial charge < -0.3 is 65.1 Å². The van der Waals surface area contributed by atoms with Gasteiger partial charge in [-0.3, -0.25) is 4.79 Å². The molecule has 14 heteroatoms. The lowest BCUT2D eigenvalue weighted by Gasteiger charge is -2.46. The Kier molecular flexibility index (Phi) is 34.2. The van der Waals surface area contributed by atoms with Crippen molar-refractivity contribution in [2.45, 2.75) is 286 Å². The van der Waals surface area contributed by atoms with Crippen LogP contribution in [0.2, 0.25) is 0 Å². The van der Waals surface area contributed by atoms with Crippen LogP contribution in [-0.2, 0) is 23.7 Å². The predicted octanol–water partition coefficient (Wildman–Crippen LogP) is 6.61. The van der Waals surface area contributed by atoms with Gasteiger partial charge in [-0.2, -0.15) is 0 Å². The molecule has 12 atom stereocenters. The fourth-order valence-electron chi connectivity index (χ4n) is 8.83. The smallest absolute Gasteiger partial charge is 0.220 e. The van der Waals surface area contributed by atoms with Crippen LogP contribution in [0.1, 0.15) is 213 Å². The van der Waals surface area contributed by atoms with Crippen LogP contribution in [-0.4, -0.2) is 140 Å². The van der Waals surface area contributed by atoms with Crippen molar-refractivity contribution in [1.29, 1.82) is 0 Å². The van der Waals surface area contributed by atoms with Crippen LogP contribution >= 0.6 is 0 Å². The average molecular weight is 906 g/mol. The minimum absolute atomic E-state index is 0.204. The van der Waals surface area contributed by atoms with Crippen LogP contribution in [0.25, 0.3) is 0 Å². The van der Waals surface area contributed by atoms with Gasteiger partial charge in [-0.25, -0.2) is 0 Å². The number of carbonyl (C=O) groups excluding carboxylic acids is 1. The molecular formula is C49H95NO13. The van der Waals surface area contributed by atoms with Gasteiger partial charge in [-0.1, -0.05) is 194 Å². The zero-order valence-corrected chi connectivity index (χ0v) is 39.6. The maximum Gasteiger partial charge on any atom is 0.220 e. The molecule has 2 fully saturated rings. The van der Waals surface area contributed by atoms with E-state index in [2.05, 4.69) is 19.2 Å². The van der Waals surface area contributed by atoms with Gasteiger partial charge >= 0.3 is 0 Å². The summed E-state index contributed by atoms with van der Waals surface area (Å²) >= 11 is 0. The van der Waals surface area contributed by atoms with Crippen LogP contribution in [0.15, 0.2) is 0 Å². The van der Waals surface area contributed by atoms with Crippen LogP contribution < -0.4 is 5.32 Å². The summed E-state index contributed by atoms with van der Waals surface area (Å²) in [5.74, 6) is -0.204. The van der Waals surface area contributed by atoms with E-state index in [9.17, 15) is 45.6 Å². The molecule has 0 aliphatic carbocycles. The van der Waals surface area contributed by atoms with Crippen molar-refractivity contribution in [3.8, 4) is 0 Å². The van der Waals surface area contributed by atoms with Crippen LogP contribution in [0.4, 0.5) is 0 Å². The summed E-state index contributed by atoms with van der Waals surface area (Å²) in [6.45, 7) is 2.86. The Bertz CT molecular complexity index is 1070. The molecule has 0 bridgehead atoms. The van der Waals surface area contributed by atoms with Crippen LogP contribution in [0, 0.1) is 0 Å². The number of unbranched alkanes of at least 4 members (excludes halogenated alkanes) is 27. The summed E-state index contributed by atoms with van der Waals surface area (Å²) in [5, 5.41) is 86.8. The van der Waals surface area contributed by atoms with Crippen molar-refractivity contribution >= 4 is 5.91 Å². The highest BCUT2D eigenvalue weighted by molar-refractivity contribution is 5.76. The third-order valence-corrected chi connectivity index (χ3v) is 13.1. The molecule has 2 aliphatic heterocycles. The summed E-state index contributed by atoms with van der Waals surface area (Å²) in [7, 11) is 0. The van der Waals surface area contributed by atoms with Gasteiger partial charge in [0.15, 0.2) is 12.6 Å². The van der Waals surface area contributed by atoms with Crippen LogP contribution in [0.3, 0.4) is 0 Å². The Morgan fingerprint density at radius 2 is 0.905 bits per heavy atom. The Balaban J connectivity index is 1.81. The lowest BCUT2D eigenvalue weighted by molar-refractivity contribution is -0.359. The maximum atomic E-state index is 13.2. The lowest BCUT2D eigenvalue weighted by Crippen LogP contribution is -2.65. The molecule has 0 aromatic heterocycles. The molecule has 14 nitrogen and oxygen atoms in total. The Morgan fingerprint density at radius 1 is 0.508 bits per heavy atom. The first-order valence-corrected chi connectivity index (χ1v) is 25.8. The van der Waals surface area contributed by atoms with Gasteiger partial charge in [-0.15, -0.1) is 0 Å². The minimum atomic E-state index is -1.78. The standard InChI is InChI=1S/C49H95NO13/c1-3-5-7-9-11-13-15-17-18-19-20-21-23-25-27-29-31-33-41(54)50-37(38(53)32-30-28-26-24-22-16-14-12-10-8-6-4-2)36-60-48-46(59)44(57)47(40(35-52)62-48)63-49-45(58)43(56)42(55)39(34-51)61-49/h37-40,42-49,51-53,55-59H,3-36H2,1-2H3,(H,50,54)/t37-,38+,39+,40+,42-,43?,44?,45?,46?,47+,48+,49-/m0/s1. The van der Waals surface area contributed by atoms with Crippen molar-refractivity contribution in [3.63, 3.8) is 0 Å². The van der Waals surface area contributed by atoms with E-state index in [4.69, 9.17) is 18.9 Å². The quantitative estimate of drug-likeness (QED) is 0.0296. The summed E-state index contributed by atoms with van der Waals surface area (Å²) in [4.78, 5) is 13.2. The van der Waals surface area contributed by atoms with Gasteiger partial charge in [0, 0.05) is 6.42 Å². The van der Waals surface area contributed by atoms with Gasteiger partial charge in [0.05, 0.1) is 32.0 Å². The van der Waals surface area contributed by atoms with E-state index < -0.39 is 86.8 Å². The highest BCUT2D eigenvalue weighted by atomic mass is 16.7. The van der Waals surface area contributed by atoms with Gasteiger partial charge in [0.2, 0.25) is 5.91 Å². The summed E-state index contributed by atoms with van der Waals surface area (Å²) < 4.78 is 22.7. The molecular weight excluding hydrogens is 811 g/mol. The Hall–Kier alpha value is -1.01. The molecule has 2 heterocycles. The molecule has 0 saturated carbocycles. The first kappa shape index (κ1) is 58.1. The van der Waals surface area contributed by atoms with Crippen molar-refractivity contribution in [2.24, 2.45) is 0 Å². The normalized spacial score (nSPS) is 27.4. The number of amides is 1. The molecule has 2 rings (SSSR count). The van der Waals surface area contributed by atoms with E-state index in [1.165, 1.54) is 135 Å². The van der Waals surface area contributed by atoms with Crippen molar-refractivity contribution < 1.29 is 64.6 Å². The Labute approximate surface area is 381 Å². The third-order valence-electron chi connectivity index (χ3n) is 13.1. The van der Waals surface area contributed by atoms with E-state index in [0.717, 1.165) is 51.4 Å². The summed E-state index contributed by atoms with van der Waals surface area (Å²) in [6.07, 6.45) is 19.6.